The monoisotopic (exact) mass is 286 g/mol. The van der Waals surface area contributed by atoms with E-state index in [9.17, 15) is 9.59 Å². The van der Waals surface area contributed by atoms with Crippen molar-refractivity contribution in [3.05, 3.63) is 34.9 Å². The molecule has 0 aliphatic rings. The summed E-state index contributed by atoms with van der Waals surface area (Å²) in [5, 5.41) is 23.0. The number of benzene rings is 1. The van der Waals surface area contributed by atoms with Crippen LogP contribution in [0.5, 0.6) is 0 Å². The van der Waals surface area contributed by atoms with E-state index >= 15 is 0 Å². The number of carbonyl (C=O) groups excluding carboxylic acids is 1. The number of carboxylic acid groups (broad SMARTS) is 1. The lowest BCUT2D eigenvalue weighted by atomic mass is 10.2. The number of hydrogen-bond acceptors (Lipinski definition) is 3. The van der Waals surface area contributed by atoms with E-state index in [2.05, 4.69) is 10.6 Å². The Morgan fingerprint density at radius 3 is 2.58 bits per heavy atom. The van der Waals surface area contributed by atoms with Crippen LogP contribution < -0.4 is 10.6 Å². The van der Waals surface area contributed by atoms with Gasteiger partial charge in [-0.15, -0.1) is 0 Å². The van der Waals surface area contributed by atoms with Crippen LogP contribution in [-0.2, 0) is 11.3 Å². The first-order valence-electron chi connectivity index (χ1n) is 5.66. The Balaban J connectivity index is 2.25. The minimum atomic E-state index is -1.47. The van der Waals surface area contributed by atoms with Gasteiger partial charge >= 0.3 is 12.0 Å². The zero-order chi connectivity index (χ0) is 14.3. The summed E-state index contributed by atoms with van der Waals surface area (Å²) in [5.74, 6) is -1.31. The van der Waals surface area contributed by atoms with Gasteiger partial charge in [-0.3, -0.25) is 0 Å². The lowest BCUT2D eigenvalue weighted by Crippen LogP contribution is -2.37. The first-order chi connectivity index (χ1) is 9.00. The summed E-state index contributed by atoms with van der Waals surface area (Å²) in [6, 6.07) is 6.66. The molecule has 0 aliphatic heterocycles. The van der Waals surface area contributed by atoms with E-state index in [1.807, 2.05) is 6.07 Å². The average Bonchev–Trinajstić information content (AvgIpc) is 2.37. The summed E-state index contributed by atoms with van der Waals surface area (Å²) >= 11 is 5.92. The summed E-state index contributed by atoms with van der Waals surface area (Å²) in [6.45, 7) is 0.342. The number of amides is 2. The Labute approximate surface area is 115 Å². The fraction of sp³-hybridized carbons (Fsp3) is 0.333. The van der Waals surface area contributed by atoms with Crippen LogP contribution in [0.25, 0.3) is 0 Å². The molecule has 104 valence electrons. The Morgan fingerprint density at radius 2 is 1.95 bits per heavy atom. The number of carboxylic acids is 1. The second-order valence-corrected chi connectivity index (χ2v) is 4.25. The van der Waals surface area contributed by atoms with Crippen molar-refractivity contribution in [3.63, 3.8) is 0 Å². The van der Waals surface area contributed by atoms with Crippen molar-refractivity contribution in [1.29, 1.82) is 0 Å². The number of halogens is 1. The quantitative estimate of drug-likeness (QED) is 0.626. The molecule has 0 unspecified atom stereocenters. The molecule has 1 atom stereocenters. The van der Waals surface area contributed by atoms with Crippen molar-refractivity contribution in [3.8, 4) is 0 Å². The van der Waals surface area contributed by atoms with Crippen LogP contribution in [0, 0.1) is 0 Å². The maximum atomic E-state index is 11.4. The molecule has 0 aromatic heterocycles. The Bertz CT molecular complexity index is 453. The number of rotatable bonds is 6. The third-order valence-corrected chi connectivity index (χ3v) is 2.75. The van der Waals surface area contributed by atoms with E-state index < -0.39 is 18.1 Å². The zero-order valence-electron chi connectivity index (χ0n) is 10.1. The van der Waals surface area contributed by atoms with Gasteiger partial charge in [0.15, 0.2) is 6.10 Å². The minimum absolute atomic E-state index is 0.0468. The largest absolute Gasteiger partial charge is 0.479 e. The van der Waals surface area contributed by atoms with E-state index in [4.69, 9.17) is 21.8 Å². The number of carbonyl (C=O) groups is 2. The molecule has 1 rings (SSSR count). The second kappa shape index (κ2) is 7.60. The highest BCUT2D eigenvalue weighted by atomic mass is 35.5. The predicted molar refractivity (Wildman–Crippen MR) is 70.0 cm³/mol. The van der Waals surface area contributed by atoms with Gasteiger partial charge in [0.2, 0.25) is 0 Å². The van der Waals surface area contributed by atoms with Crippen molar-refractivity contribution in [1.82, 2.24) is 10.6 Å². The number of nitrogens with one attached hydrogen (secondary N) is 2. The molecule has 0 spiro atoms. The maximum Gasteiger partial charge on any atom is 0.332 e. The van der Waals surface area contributed by atoms with Crippen LogP contribution in [-0.4, -0.2) is 34.9 Å². The third-order valence-electron chi connectivity index (χ3n) is 2.39. The van der Waals surface area contributed by atoms with Crippen LogP contribution >= 0.6 is 11.6 Å². The Kier molecular flexibility index (Phi) is 6.11. The van der Waals surface area contributed by atoms with Gasteiger partial charge in [-0.05, 0) is 11.6 Å². The summed E-state index contributed by atoms with van der Waals surface area (Å²) in [4.78, 5) is 21.7. The molecule has 1 aromatic rings. The number of hydrogen-bond donors (Lipinski definition) is 4. The van der Waals surface area contributed by atoms with Crippen LogP contribution in [0.4, 0.5) is 4.79 Å². The highest BCUT2D eigenvalue weighted by Gasteiger charge is 2.12. The van der Waals surface area contributed by atoms with E-state index in [1.54, 1.807) is 18.2 Å². The van der Waals surface area contributed by atoms with Gasteiger partial charge in [-0.25, -0.2) is 9.59 Å². The average molecular weight is 287 g/mol. The molecule has 1 aromatic carbocycles. The van der Waals surface area contributed by atoms with Gasteiger partial charge in [0.25, 0.3) is 0 Å². The van der Waals surface area contributed by atoms with E-state index in [1.165, 1.54) is 0 Å². The van der Waals surface area contributed by atoms with Gasteiger partial charge < -0.3 is 20.8 Å². The number of aliphatic hydroxyl groups excluding tert-OH is 1. The molecule has 0 saturated heterocycles. The summed E-state index contributed by atoms with van der Waals surface area (Å²) in [6.07, 6.45) is -1.52. The molecule has 19 heavy (non-hydrogen) atoms. The molecule has 0 heterocycles. The minimum Gasteiger partial charge on any atom is -0.479 e. The van der Waals surface area contributed by atoms with Gasteiger partial charge in [0.1, 0.15) is 0 Å². The highest BCUT2D eigenvalue weighted by Crippen LogP contribution is 2.13. The molecule has 0 radical (unpaired) electrons. The molecule has 7 heteroatoms. The van der Waals surface area contributed by atoms with Gasteiger partial charge in [-0.1, -0.05) is 29.8 Å². The summed E-state index contributed by atoms with van der Waals surface area (Å²) in [5.41, 5.74) is 0.782. The lowest BCUT2D eigenvalue weighted by molar-refractivity contribution is -0.146. The fourth-order valence-electron chi connectivity index (χ4n) is 1.33. The SMILES string of the molecule is O=C(NCC[C@H](O)C(=O)O)NCc1ccccc1Cl. The molecule has 0 fully saturated rings. The van der Waals surface area contributed by atoms with Crippen molar-refractivity contribution in [2.45, 2.75) is 19.1 Å². The second-order valence-electron chi connectivity index (χ2n) is 3.84. The van der Waals surface area contributed by atoms with Crippen LogP contribution in [0.15, 0.2) is 24.3 Å². The zero-order valence-corrected chi connectivity index (χ0v) is 10.9. The lowest BCUT2D eigenvalue weighted by Gasteiger charge is -2.09. The standard InChI is InChI=1S/C12H15ClN2O4/c13-9-4-2-1-3-8(9)7-15-12(19)14-6-5-10(16)11(17)18/h1-4,10,16H,5-7H2,(H,17,18)(H2,14,15,19)/t10-/m0/s1. The maximum absolute atomic E-state index is 11.4. The van der Waals surface area contributed by atoms with Gasteiger partial charge in [0.05, 0.1) is 0 Å². The Hall–Kier alpha value is -1.79. The van der Waals surface area contributed by atoms with E-state index in [0.29, 0.717) is 5.02 Å². The first kappa shape index (κ1) is 15.3. The Morgan fingerprint density at radius 1 is 1.26 bits per heavy atom. The molecule has 2 amide bonds. The topological polar surface area (TPSA) is 98.7 Å². The predicted octanol–water partition coefficient (Wildman–Crippen LogP) is 0.975. The van der Waals surface area contributed by atoms with E-state index in [-0.39, 0.29) is 19.5 Å². The van der Waals surface area contributed by atoms with Gasteiger partial charge in [0, 0.05) is 24.5 Å². The van der Waals surface area contributed by atoms with Crippen LogP contribution in [0.3, 0.4) is 0 Å². The summed E-state index contributed by atoms with van der Waals surface area (Å²) < 4.78 is 0. The molecule has 0 aliphatic carbocycles. The normalized spacial score (nSPS) is 11.7. The molecule has 0 bridgehead atoms. The third kappa shape index (κ3) is 5.58. The summed E-state index contributed by atoms with van der Waals surface area (Å²) in [7, 11) is 0. The fourth-order valence-corrected chi connectivity index (χ4v) is 1.53. The van der Waals surface area contributed by atoms with Crippen molar-refractivity contribution in [2.75, 3.05) is 6.54 Å². The number of aliphatic carboxylic acids is 1. The molecular formula is C12H15ClN2O4. The van der Waals surface area contributed by atoms with Crippen LogP contribution in [0.1, 0.15) is 12.0 Å². The molecular weight excluding hydrogens is 272 g/mol. The number of aliphatic hydroxyl groups is 1. The van der Waals surface area contributed by atoms with Gasteiger partial charge in [-0.2, -0.15) is 0 Å². The molecule has 4 N–H and O–H groups in total. The van der Waals surface area contributed by atoms with Crippen LogP contribution in [0.2, 0.25) is 5.02 Å². The molecule has 0 saturated carbocycles. The smallest absolute Gasteiger partial charge is 0.332 e. The molecule has 6 nitrogen and oxygen atoms in total. The van der Waals surface area contributed by atoms with E-state index in [0.717, 1.165) is 5.56 Å². The number of urea groups is 1. The first-order valence-corrected chi connectivity index (χ1v) is 6.04. The highest BCUT2D eigenvalue weighted by molar-refractivity contribution is 6.31. The van der Waals surface area contributed by atoms with Crippen molar-refractivity contribution in [2.24, 2.45) is 0 Å². The van der Waals surface area contributed by atoms with Crippen molar-refractivity contribution >= 4 is 23.6 Å². The van der Waals surface area contributed by atoms with Crippen molar-refractivity contribution < 1.29 is 19.8 Å².